The SMILES string of the molecule is CCOC(=O)C1=C(C)N=C2SC=CN2C1c1ccc(OCc2cccc3ccccc23)cc1. The van der Waals surface area contributed by atoms with E-state index in [1.54, 1.807) is 11.8 Å². The number of allylic oxidation sites excluding steroid dienone is 1. The Hall–Kier alpha value is -3.51. The lowest BCUT2D eigenvalue weighted by atomic mass is 9.95. The summed E-state index contributed by atoms with van der Waals surface area (Å²) in [7, 11) is 0. The number of rotatable bonds is 6. The van der Waals surface area contributed by atoms with Crippen molar-refractivity contribution in [3.63, 3.8) is 0 Å². The molecule has 0 spiro atoms. The molecule has 0 aliphatic carbocycles. The summed E-state index contributed by atoms with van der Waals surface area (Å²) in [5.74, 6) is 0.450. The van der Waals surface area contributed by atoms with Gasteiger partial charge >= 0.3 is 5.97 Å². The molecule has 1 atom stereocenters. The predicted molar refractivity (Wildman–Crippen MR) is 133 cm³/mol. The van der Waals surface area contributed by atoms with E-state index in [4.69, 9.17) is 9.47 Å². The number of nitrogens with zero attached hydrogens (tertiary/aromatic N) is 2. The van der Waals surface area contributed by atoms with Crippen molar-refractivity contribution in [2.45, 2.75) is 26.5 Å². The summed E-state index contributed by atoms with van der Waals surface area (Å²) in [6.45, 7) is 4.49. The Morgan fingerprint density at radius 1 is 1.06 bits per heavy atom. The number of benzene rings is 3. The first-order chi connectivity index (χ1) is 16.2. The standard InChI is InChI=1S/C27H24N2O3S/c1-3-31-26(30)24-18(2)28-27-29(15-16-33-27)25(24)20-11-13-22(14-12-20)32-17-21-9-6-8-19-7-4-5-10-23(19)21/h4-16,25H,3,17H2,1-2H3. The molecule has 5 rings (SSSR count). The third kappa shape index (κ3) is 4.14. The van der Waals surface area contributed by atoms with E-state index in [0.717, 1.165) is 22.0 Å². The summed E-state index contributed by atoms with van der Waals surface area (Å²) in [5, 5.41) is 5.24. The molecule has 2 aliphatic heterocycles. The van der Waals surface area contributed by atoms with E-state index < -0.39 is 0 Å². The second-order valence-electron chi connectivity index (χ2n) is 7.82. The molecule has 2 aliphatic rings. The lowest BCUT2D eigenvalue weighted by Crippen LogP contribution is -2.34. The number of fused-ring (bicyclic) bond motifs is 2. The molecule has 0 aromatic heterocycles. The van der Waals surface area contributed by atoms with Crippen molar-refractivity contribution in [1.29, 1.82) is 0 Å². The Kier molecular flexibility index (Phi) is 5.92. The second kappa shape index (κ2) is 9.16. The van der Waals surface area contributed by atoms with E-state index in [2.05, 4.69) is 35.3 Å². The maximum absolute atomic E-state index is 12.8. The predicted octanol–water partition coefficient (Wildman–Crippen LogP) is 6.19. The number of carbonyl (C=O) groups excluding carboxylic acids is 1. The highest BCUT2D eigenvalue weighted by Gasteiger charge is 2.37. The van der Waals surface area contributed by atoms with Crippen LogP contribution in [0.25, 0.3) is 10.8 Å². The van der Waals surface area contributed by atoms with Gasteiger partial charge in [0.15, 0.2) is 5.17 Å². The molecule has 0 radical (unpaired) electrons. The van der Waals surface area contributed by atoms with Crippen molar-refractivity contribution in [3.05, 3.63) is 101 Å². The smallest absolute Gasteiger partial charge is 0.338 e. The van der Waals surface area contributed by atoms with E-state index >= 15 is 0 Å². The van der Waals surface area contributed by atoms with Crippen LogP contribution in [0.4, 0.5) is 0 Å². The molecule has 2 heterocycles. The van der Waals surface area contributed by atoms with Gasteiger partial charge in [-0.15, -0.1) is 0 Å². The fraction of sp³-hybridized carbons (Fsp3) is 0.185. The molecular formula is C27H24N2O3S. The van der Waals surface area contributed by atoms with Gasteiger partial charge in [0.25, 0.3) is 0 Å². The highest BCUT2D eigenvalue weighted by atomic mass is 32.2. The maximum atomic E-state index is 12.8. The molecule has 0 N–H and O–H groups in total. The molecule has 0 saturated heterocycles. The van der Waals surface area contributed by atoms with Gasteiger partial charge in [-0.1, -0.05) is 66.4 Å². The van der Waals surface area contributed by atoms with E-state index in [0.29, 0.717) is 24.5 Å². The number of carbonyl (C=O) groups is 1. The second-order valence-corrected chi connectivity index (χ2v) is 8.70. The quantitative estimate of drug-likeness (QED) is 0.414. The number of amidine groups is 1. The first-order valence-corrected chi connectivity index (χ1v) is 11.8. The van der Waals surface area contributed by atoms with Gasteiger partial charge < -0.3 is 14.4 Å². The minimum Gasteiger partial charge on any atom is -0.489 e. The molecule has 1 unspecified atom stereocenters. The Morgan fingerprint density at radius 2 is 1.85 bits per heavy atom. The van der Waals surface area contributed by atoms with Crippen molar-refractivity contribution in [3.8, 4) is 5.75 Å². The monoisotopic (exact) mass is 456 g/mol. The third-order valence-corrected chi connectivity index (χ3v) is 6.56. The largest absolute Gasteiger partial charge is 0.489 e. The van der Waals surface area contributed by atoms with Crippen molar-refractivity contribution in [2.24, 2.45) is 4.99 Å². The summed E-state index contributed by atoms with van der Waals surface area (Å²) in [5.41, 5.74) is 3.39. The van der Waals surface area contributed by atoms with Crippen LogP contribution in [0.2, 0.25) is 0 Å². The number of thioether (sulfide) groups is 1. The van der Waals surface area contributed by atoms with Crippen LogP contribution in [0, 0.1) is 0 Å². The van der Waals surface area contributed by atoms with Crippen LogP contribution in [0.1, 0.15) is 31.0 Å². The number of esters is 1. The summed E-state index contributed by atoms with van der Waals surface area (Å²) in [6.07, 6.45) is 1.96. The Labute approximate surface area is 197 Å². The van der Waals surface area contributed by atoms with E-state index in [-0.39, 0.29) is 12.0 Å². The topological polar surface area (TPSA) is 51.1 Å². The minimum absolute atomic E-state index is 0.282. The van der Waals surface area contributed by atoms with Gasteiger partial charge in [-0.05, 0) is 53.3 Å². The van der Waals surface area contributed by atoms with Crippen LogP contribution < -0.4 is 4.74 Å². The van der Waals surface area contributed by atoms with Crippen molar-refractivity contribution < 1.29 is 14.3 Å². The average Bonchev–Trinajstić information content (AvgIpc) is 3.30. The number of hydrogen-bond donors (Lipinski definition) is 0. The van der Waals surface area contributed by atoms with Crippen molar-refractivity contribution in [2.75, 3.05) is 6.61 Å². The van der Waals surface area contributed by atoms with Gasteiger partial charge in [-0.25, -0.2) is 9.79 Å². The zero-order chi connectivity index (χ0) is 22.8. The van der Waals surface area contributed by atoms with Gasteiger partial charge in [-0.3, -0.25) is 0 Å². The average molecular weight is 457 g/mol. The molecule has 3 aromatic rings. The van der Waals surface area contributed by atoms with Crippen LogP contribution in [0.15, 0.2) is 94.6 Å². The normalized spacial score (nSPS) is 17.2. The summed E-state index contributed by atoms with van der Waals surface area (Å²) >= 11 is 1.55. The molecule has 3 aromatic carbocycles. The van der Waals surface area contributed by atoms with Gasteiger partial charge in [-0.2, -0.15) is 0 Å². The Balaban J connectivity index is 1.39. The molecular weight excluding hydrogens is 432 g/mol. The van der Waals surface area contributed by atoms with E-state index in [1.807, 2.05) is 66.8 Å². The molecule has 6 heteroatoms. The molecule has 0 amide bonds. The summed E-state index contributed by atoms with van der Waals surface area (Å²) in [6, 6.07) is 22.2. The summed E-state index contributed by atoms with van der Waals surface area (Å²) in [4.78, 5) is 19.4. The van der Waals surface area contributed by atoms with Gasteiger partial charge in [0, 0.05) is 6.20 Å². The highest BCUT2D eigenvalue weighted by molar-refractivity contribution is 8.16. The van der Waals surface area contributed by atoms with Gasteiger partial charge in [0.05, 0.1) is 23.9 Å². The Bertz CT molecular complexity index is 1290. The van der Waals surface area contributed by atoms with Crippen LogP contribution in [0.3, 0.4) is 0 Å². The van der Waals surface area contributed by atoms with E-state index in [1.165, 1.54) is 10.8 Å². The van der Waals surface area contributed by atoms with E-state index in [9.17, 15) is 4.79 Å². The number of ether oxygens (including phenoxy) is 2. The fourth-order valence-corrected chi connectivity index (χ4v) is 5.02. The van der Waals surface area contributed by atoms with Crippen LogP contribution in [-0.2, 0) is 16.1 Å². The molecule has 0 fully saturated rings. The van der Waals surface area contributed by atoms with Gasteiger partial charge in [0.1, 0.15) is 12.4 Å². The zero-order valence-electron chi connectivity index (χ0n) is 18.5. The summed E-state index contributed by atoms with van der Waals surface area (Å²) < 4.78 is 11.5. The molecule has 0 bridgehead atoms. The number of aliphatic imine (C=N–C) groups is 1. The lowest BCUT2D eigenvalue weighted by Gasteiger charge is -2.33. The highest BCUT2D eigenvalue weighted by Crippen LogP contribution is 2.41. The first kappa shape index (κ1) is 21.3. The molecule has 5 nitrogen and oxygen atoms in total. The Morgan fingerprint density at radius 3 is 2.67 bits per heavy atom. The third-order valence-electron chi connectivity index (χ3n) is 5.79. The van der Waals surface area contributed by atoms with Crippen LogP contribution in [0.5, 0.6) is 5.75 Å². The number of hydrogen-bond acceptors (Lipinski definition) is 6. The molecule has 166 valence electrons. The van der Waals surface area contributed by atoms with Crippen LogP contribution in [-0.4, -0.2) is 22.6 Å². The minimum atomic E-state index is -0.329. The van der Waals surface area contributed by atoms with Crippen molar-refractivity contribution >= 4 is 33.7 Å². The fourth-order valence-electron chi connectivity index (χ4n) is 4.22. The lowest BCUT2D eigenvalue weighted by molar-refractivity contribution is -0.139. The van der Waals surface area contributed by atoms with Crippen molar-refractivity contribution in [1.82, 2.24) is 4.90 Å². The molecule has 0 saturated carbocycles. The molecule has 33 heavy (non-hydrogen) atoms. The van der Waals surface area contributed by atoms with Crippen LogP contribution >= 0.6 is 11.8 Å². The zero-order valence-corrected chi connectivity index (χ0v) is 19.3. The van der Waals surface area contributed by atoms with Gasteiger partial charge in [0.2, 0.25) is 0 Å². The first-order valence-electron chi connectivity index (χ1n) is 10.9. The maximum Gasteiger partial charge on any atom is 0.338 e.